The number of nitrogens with one attached hydrogen (secondary N) is 2. The van der Waals surface area contributed by atoms with Crippen LogP contribution in [0.15, 0.2) is 36.9 Å². The van der Waals surface area contributed by atoms with Crippen LogP contribution in [0.4, 0.5) is 11.5 Å². The van der Waals surface area contributed by atoms with Gasteiger partial charge in [-0.25, -0.2) is 9.97 Å². The first-order valence-electron chi connectivity index (χ1n) is 8.83. The Kier molecular flexibility index (Phi) is 4.84. The van der Waals surface area contributed by atoms with Gasteiger partial charge in [0.25, 0.3) is 0 Å². The molecule has 3 aromatic rings. The number of hydrogen-bond acceptors (Lipinski definition) is 7. The van der Waals surface area contributed by atoms with Crippen molar-refractivity contribution >= 4 is 28.3 Å². The van der Waals surface area contributed by atoms with Crippen molar-refractivity contribution in [1.29, 1.82) is 0 Å². The van der Waals surface area contributed by atoms with E-state index >= 15 is 0 Å². The van der Waals surface area contributed by atoms with Gasteiger partial charge in [-0.1, -0.05) is 0 Å². The first-order valence-corrected chi connectivity index (χ1v) is 8.83. The lowest BCUT2D eigenvalue weighted by molar-refractivity contribution is -0.118. The van der Waals surface area contributed by atoms with Gasteiger partial charge in [0.1, 0.15) is 24.4 Å². The zero-order valence-electron chi connectivity index (χ0n) is 14.8. The van der Waals surface area contributed by atoms with Crippen molar-refractivity contribution in [3.05, 3.63) is 36.9 Å². The number of ether oxygens (including phenoxy) is 1. The minimum Gasteiger partial charge on any atom is -0.493 e. The number of rotatable bonds is 7. The van der Waals surface area contributed by atoms with E-state index in [1.807, 2.05) is 18.2 Å². The highest BCUT2D eigenvalue weighted by Crippen LogP contribution is 2.26. The Hall–Kier alpha value is -3.20. The fourth-order valence-corrected chi connectivity index (χ4v) is 3.11. The molecular formula is C18H21N7O2. The molecule has 1 unspecified atom stereocenters. The van der Waals surface area contributed by atoms with E-state index < -0.39 is 5.91 Å². The summed E-state index contributed by atoms with van der Waals surface area (Å²) in [5, 5.41) is 11.5. The normalized spacial score (nSPS) is 16.5. The Morgan fingerprint density at radius 1 is 1.41 bits per heavy atom. The standard InChI is InChI=1S/C18H21N7O2/c19-17(26)9-25-8-13(7-23-25)24-18-15-2-1-14(5-16(15)21-11-22-18)27-10-12-3-4-20-6-12/h1-2,5,7-8,11-12,20H,3-4,6,9-10H2,(H2,19,26)(H,21,22,24). The van der Waals surface area contributed by atoms with Gasteiger partial charge in [-0.3, -0.25) is 9.48 Å². The lowest BCUT2D eigenvalue weighted by atomic mass is 10.1. The average Bonchev–Trinajstić information content (AvgIpc) is 3.31. The van der Waals surface area contributed by atoms with Crippen LogP contribution in [0.2, 0.25) is 0 Å². The Labute approximate surface area is 155 Å². The number of benzene rings is 1. The average molecular weight is 367 g/mol. The molecule has 27 heavy (non-hydrogen) atoms. The molecule has 1 atom stereocenters. The van der Waals surface area contributed by atoms with Crippen LogP contribution in [0.1, 0.15) is 6.42 Å². The van der Waals surface area contributed by atoms with Gasteiger partial charge in [-0.2, -0.15) is 5.10 Å². The maximum Gasteiger partial charge on any atom is 0.239 e. The largest absolute Gasteiger partial charge is 0.493 e. The number of carbonyl (C=O) groups is 1. The second-order valence-corrected chi connectivity index (χ2v) is 6.59. The highest BCUT2D eigenvalue weighted by atomic mass is 16.5. The molecular weight excluding hydrogens is 346 g/mol. The van der Waals surface area contributed by atoms with Crippen LogP contribution in [-0.2, 0) is 11.3 Å². The minimum atomic E-state index is -0.446. The van der Waals surface area contributed by atoms with Crippen molar-refractivity contribution in [2.24, 2.45) is 11.7 Å². The Morgan fingerprint density at radius 3 is 3.15 bits per heavy atom. The van der Waals surface area contributed by atoms with E-state index in [1.54, 1.807) is 12.4 Å². The zero-order valence-corrected chi connectivity index (χ0v) is 14.8. The molecule has 1 amide bonds. The zero-order chi connectivity index (χ0) is 18.6. The number of primary amides is 1. The van der Waals surface area contributed by atoms with Crippen molar-refractivity contribution in [3.8, 4) is 5.75 Å². The monoisotopic (exact) mass is 367 g/mol. The van der Waals surface area contributed by atoms with Crippen molar-refractivity contribution in [1.82, 2.24) is 25.1 Å². The lowest BCUT2D eigenvalue weighted by Crippen LogP contribution is -2.18. The molecule has 1 fully saturated rings. The van der Waals surface area contributed by atoms with Crippen LogP contribution in [0, 0.1) is 5.92 Å². The minimum absolute atomic E-state index is 0.0312. The summed E-state index contributed by atoms with van der Waals surface area (Å²) >= 11 is 0. The smallest absolute Gasteiger partial charge is 0.239 e. The van der Waals surface area contributed by atoms with Crippen molar-refractivity contribution in [3.63, 3.8) is 0 Å². The number of carbonyl (C=O) groups excluding carboxylic acids is 1. The molecule has 0 saturated carbocycles. The van der Waals surface area contributed by atoms with Gasteiger partial charge in [0.05, 0.1) is 24.0 Å². The van der Waals surface area contributed by atoms with Gasteiger partial charge in [0.2, 0.25) is 5.91 Å². The SMILES string of the molecule is NC(=O)Cn1cc(Nc2ncnc3cc(OCC4CCNC4)ccc23)cn1. The Morgan fingerprint density at radius 2 is 2.33 bits per heavy atom. The van der Waals surface area contributed by atoms with Gasteiger partial charge in [0.15, 0.2) is 0 Å². The molecule has 4 rings (SSSR count). The van der Waals surface area contributed by atoms with Gasteiger partial charge >= 0.3 is 0 Å². The third-order valence-corrected chi connectivity index (χ3v) is 4.47. The van der Waals surface area contributed by atoms with Crippen molar-refractivity contribution in [2.45, 2.75) is 13.0 Å². The molecule has 0 radical (unpaired) electrons. The molecule has 1 aliphatic heterocycles. The van der Waals surface area contributed by atoms with Crippen LogP contribution < -0.4 is 21.1 Å². The summed E-state index contributed by atoms with van der Waals surface area (Å²) in [6, 6.07) is 5.78. The van der Waals surface area contributed by atoms with Crippen molar-refractivity contribution in [2.75, 3.05) is 25.0 Å². The summed E-state index contributed by atoms with van der Waals surface area (Å²) < 4.78 is 7.39. The fraction of sp³-hybridized carbons (Fsp3) is 0.333. The third kappa shape index (κ3) is 4.14. The molecule has 9 nitrogen and oxygen atoms in total. The van der Waals surface area contributed by atoms with E-state index in [4.69, 9.17) is 10.5 Å². The number of aromatic nitrogens is 4. The fourth-order valence-electron chi connectivity index (χ4n) is 3.11. The molecule has 0 spiro atoms. The van der Waals surface area contributed by atoms with Crippen LogP contribution in [0.25, 0.3) is 10.9 Å². The highest BCUT2D eigenvalue weighted by Gasteiger charge is 2.15. The second-order valence-electron chi connectivity index (χ2n) is 6.59. The quantitative estimate of drug-likeness (QED) is 0.571. The molecule has 140 valence electrons. The van der Waals surface area contributed by atoms with Crippen molar-refractivity contribution < 1.29 is 9.53 Å². The van der Waals surface area contributed by atoms with E-state index in [0.29, 0.717) is 24.0 Å². The van der Waals surface area contributed by atoms with Crippen LogP contribution >= 0.6 is 0 Å². The first-order chi connectivity index (χ1) is 13.2. The molecule has 0 aliphatic carbocycles. The Bertz CT molecular complexity index is 950. The molecule has 1 aliphatic rings. The highest BCUT2D eigenvalue weighted by molar-refractivity contribution is 5.91. The molecule has 1 saturated heterocycles. The van der Waals surface area contributed by atoms with E-state index in [0.717, 1.165) is 36.2 Å². The molecule has 0 bridgehead atoms. The van der Waals surface area contributed by atoms with E-state index in [-0.39, 0.29) is 6.54 Å². The first kappa shape index (κ1) is 17.2. The lowest BCUT2D eigenvalue weighted by Gasteiger charge is -2.12. The number of nitrogens with two attached hydrogens (primary N) is 1. The maximum absolute atomic E-state index is 11.0. The number of fused-ring (bicyclic) bond motifs is 1. The van der Waals surface area contributed by atoms with Gasteiger partial charge in [-0.15, -0.1) is 0 Å². The van der Waals surface area contributed by atoms with Crippen LogP contribution in [-0.4, -0.2) is 45.4 Å². The maximum atomic E-state index is 11.0. The predicted molar refractivity (Wildman–Crippen MR) is 101 cm³/mol. The molecule has 3 heterocycles. The molecule has 9 heteroatoms. The second kappa shape index (κ2) is 7.58. The van der Waals surface area contributed by atoms with Gasteiger partial charge in [-0.05, 0) is 25.1 Å². The predicted octanol–water partition coefficient (Wildman–Crippen LogP) is 1.04. The van der Waals surface area contributed by atoms with E-state index in [1.165, 1.54) is 11.0 Å². The summed E-state index contributed by atoms with van der Waals surface area (Å²) in [4.78, 5) is 19.6. The Balaban J connectivity index is 1.49. The van der Waals surface area contributed by atoms with Crippen LogP contribution in [0.3, 0.4) is 0 Å². The van der Waals surface area contributed by atoms with E-state index in [9.17, 15) is 4.79 Å². The summed E-state index contributed by atoms with van der Waals surface area (Å²) in [5.74, 6) is 1.57. The topological polar surface area (TPSA) is 120 Å². The van der Waals surface area contributed by atoms with Gasteiger partial charge in [0, 0.05) is 30.1 Å². The number of nitrogens with zero attached hydrogens (tertiary/aromatic N) is 4. The molecule has 4 N–H and O–H groups in total. The number of amides is 1. The summed E-state index contributed by atoms with van der Waals surface area (Å²) in [7, 11) is 0. The van der Waals surface area contributed by atoms with E-state index in [2.05, 4.69) is 25.7 Å². The molecule has 1 aromatic carbocycles. The third-order valence-electron chi connectivity index (χ3n) is 4.47. The van der Waals surface area contributed by atoms with Gasteiger partial charge < -0.3 is 21.1 Å². The number of hydrogen-bond donors (Lipinski definition) is 3. The summed E-state index contributed by atoms with van der Waals surface area (Å²) in [6.07, 6.45) is 5.96. The summed E-state index contributed by atoms with van der Waals surface area (Å²) in [5.41, 5.74) is 6.69. The summed E-state index contributed by atoms with van der Waals surface area (Å²) in [6.45, 7) is 2.80. The van der Waals surface area contributed by atoms with Crippen LogP contribution in [0.5, 0.6) is 5.75 Å². The number of anilines is 2. The molecule has 2 aromatic heterocycles.